The summed E-state index contributed by atoms with van der Waals surface area (Å²) in [4.78, 5) is 32.1. The lowest BCUT2D eigenvalue weighted by Gasteiger charge is -2.39. The Kier molecular flexibility index (Phi) is 8.40. The Morgan fingerprint density at radius 2 is 1.58 bits per heavy atom. The van der Waals surface area contributed by atoms with Crippen molar-refractivity contribution in [3.05, 3.63) is 97.2 Å². The van der Waals surface area contributed by atoms with Gasteiger partial charge in [-0.1, -0.05) is 48.5 Å². The van der Waals surface area contributed by atoms with Gasteiger partial charge in [0.2, 0.25) is 5.91 Å². The summed E-state index contributed by atoms with van der Waals surface area (Å²) in [6.45, 7) is 1.28. The molecule has 1 spiro atoms. The minimum absolute atomic E-state index is 0.000695. The highest BCUT2D eigenvalue weighted by atomic mass is 32.2. The second-order valence-corrected chi connectivity index (χ2v) is 14.3. The van der Waals surface area contributed by atoms with Crippen LogP contribution in [-0.2, 0) is 32.1 Å². The number of carbonyl (C=O) groups excluding carboxylic acids is 1. The molecule has 1 fully saturated rings. The number of nitrogens with zero attached hydrogens (tertiary/aromatic N) is 7. The van der Waals surface area contributed by atoms with Crippen molar-refractivity contribution in [2.45, 2.75) is 29.3 Å². The summed E-state index contributed by atoms with van der Waals surface area (Å²) in [6.07, 6.45) is 4.83. The molecule has 2 aromatic carbocycles. The Hall–Kier alpha value is -5.97. The number of hydrogen-bond donors (Lipinski definition) is 2. The molecule has 1 amide bonds. The fourth-order valence-electron chi connectivity index (χ4n) is 7.13. The first-order valence-electron chi connectivity index (χ1n) is 16.0. The molecular formula is C35H31F3N8O5S. The smallest absolute Gasteiger partial charge is 0.475 e. The van der Waals surface area contributed by atoms with Crippen LogP contribution >= 0.6 is 0 Å². The molecular weight excluding hydrogens is 701 g/mol. The number of piperidine rings is 1. The molecule has 6 heterocycles. The number of fused-ring (bicyclic) bond motifs is 4. The van der Waals surface area contributed by atoms with Gasteiger partial charge in [0.25, 0.3) is 10.0 Å². The van der Waals surface area contributed by atoms with Crippen molar-refractivity contribution in [1.29, 1.82) is 0 Å². The predicted molar refractivity (Wildman–Crippen MR) is 185 cm³/mol. The number of aliphatic carboxylic acids is 1. The summed E-state index contributed by atoms with van der Waals surface area (Å²) in [6, 6.07) is 18.1. The van der Waals surface area contributed by atoms with E-state index in [0.29, 0.717) is 53.8 Å². The monoisotopic (exact) mass is 732 g/mol. The zero-order chi connectivity index (χ0) is 37.0. The summed E-state index contributed by atoms with van der Waals surface area (Å²) in [5.74, 6) is -2.76. The number of aromatic nitrogens is 6. The van der Waals surface area contributed by atoms with Crippen LogP contribution in [0, 0.1) is 0 Å². The van der Waals surface area contributed by atoms with E-state index in [1.807, 2.05) is 42.7 Å². The maximum absolute atomic E-state index is 14.7. The number of carboxylic acids is 1. The molecule has 1 saturated heterocycles. The molecule has 2 N–H and O–H groups in total. The highest BCUT2D eigenvalue weighted by molar-refractivity contribution is 7.90. The van der Waals surface area contributed by atoms with Crippen molar-refractivity contribution >= 4 is 44.3 Å². The van der Waals surface area contributed by atoms with E-state index in [0.717, 1.165) is 16.8 Å². The number of likely N-dealkylation sites (N-methyl/N-ethyl adjacent to an activating group) is 1. The van der Waals surface area contributed by atoms with E-state index in [9.17, 15) is 26.4 Å². The van der Waals surface area contributed by atoms with E-state index < -0.39 is 27.6 Å². The first-order valence-corrected chi connectivity index (χ1v) is 17.4. The fraction of sp³-hybridized carbons (Fsp3) is 0.229. The van der Waals surface area contributed by atoms with E-state index in [-0.39, 0.29) is 16.4 Å². The van der Waals surface area contributed by atoms with Crippen molar-refractivity contribution < 1.29 is 36.3 Å². The Morgan fingerprint density at radius 3 is 2.13 bits per heavy atom. The number of amides is 1. The first kappa shape index (κ1) is 34.5. The lowest BCUT2D eigenvalue weighted by molar-refractivity contribution is -0.192. The Balaban J connectivity index is 0.000000548. The van der Waals surface area contributed by atoms with Gasteiger partial charge in [0, 0.05) is 61.7 Å². The topological polar surface area (TPSA) is 159 Å². The molecule has 268 valence electrons. The number of rotatable bonds is 5. The quantitative estimate of drug-likeness (QED) is 0.243. The minimum atomic E-state index is -5.08. The number of alkyl halides is 3. The van der Waals surface area contributed by atoms with E-state index in [1.165, 1.54) is 3.97 Å². The predicted octanol–water partition coefficient (Wildman–Crippen LogP) is 5.21. The van der Waals surface area contributed by atoms with Crippen LogP contribution in [0.25, 0.3) is 33.4 Å². The maximum atomic E-state index is 14.7. The molecule has 0 aliphatic carbocycles. The number of halogens is 3. The molecule has 13 nitrogen and oxygen atoms in total. The second-order valence-electron chi connectivity index (χ2n) is 12.5. The number of anilines is 2. The van der Waals surface area contributed by atoms with Crippen molar-refractivity contribution in [3.63, 3.8) is 0 Å². The van der Waals surface area contributed by atoms with Crippen LogP contribution in [0.2, 0.25) is 0 Å². The van der Waals surface area contributed by atoms with Crippen molar-refractivity contribution in [2.75, 3.05) is 29.9 Å². The zero-order valence-corrected chi connectivity index (χ0v) is 28.6. The van der Waals surface area contributed by atoms with Gasteiger partial charge in [-0.15, -0.1) is 0 Å². The number of H-pyrrole nitrogens is 1. The summed E-state index contributed by atoms with van der Waals surface area (Å²) in [5, 5.41) is 19.2. The van der Waals surface area contributed by atoms with Crippen LogP contribution in [0.15, 0.2) is 96.5 Å². The number of nitrogens with one attached hydrogen (secondary N) is 1. The van der Waals surface area contributed by atoms with E-state index in [2.05, 4.69) is 20.2 Å². The number of carboxylic acid groups (broad SMARTS) is 1. The number of benzene rings is 2. The molecule has 8 rings (SSSR count). The molecule has 17 heteroatoms. The summed E-state index contributed by atoms with van der Waals surface area (Å²) in [7, 11) is -0.560. The number of aromatic amines is 1. The summed E-state index contributed by atoms with van der Waals surface area (Å²) in [5.41, 5.74) is 4.57. The van der Waals surface area contributed by atoms with Crippen LogP contribution in [0.4, 0.5) is 24.5 Å². The number of pyridine rings is 1. The fourth-order valence-corrected chi connectivity index (χ4v) is 8.65. The molecule has 6 aromatic rings. The van der Waals surface area contributed by atoms with Crippen LogP contribution in [0.1, 0.15) is 18.4 Å². The minimum Gasteiger partial charge on any atom is -0.475 e. The van der Waals surface area contributed by atoms with Gasteiger partial charge in [0.15, 0.2) is 5.65 Å². The average molecular weight is 733 g/mol. The van der Waals surface area contributed by atoms with E-state index in [1.54, 1.807) is 72.6 Å². The maximum Gasteiger partial charge on any atom is 0.490 e. The van der Waals surface area contributed by atoms with Crippen LogP contribution in [-0.4, -0.2) is 80.6 Å². The normalized spacial score (nSPS) is 15.5. The third kappa shape index (κ3) is 5.57. The SMILES string of the molecule is CN1C(=O)C2(CCN(c3cn[nH]c3)CC2)c2c1cnc1c2c(-c2ccccc2)c(-c2cnn(C)c2)n1S(=O)(=O)c1ccccc1.O=C(O)C(F)(F)F. The Morgan fingerprint density at radius 1 is 0.942 bits per heavy atom. The van der Waals surface area contributed by atoms with Crippen molar-refractivity contribution in [1.82, 2.24) is 28.9 Å². The largest absolute Gasteiger partial charge is 0.490 e. The molecule has 2 aliphatic heterocycles. The van der Waals surface area contributed by atoms with Gasteiger partial charge in [-0.2, -0.15) is 23.4 Å². The van der Waals surface area contributed by atoms with E-state index in [4.69, 9.17) is 14.9 Å². The third-order valence-electron chi connectivity index (χ3n) is 9.51. The number of carbonyl (C=O) groups is 2. The van der Waals surface area contributed by atoms with Crippen molar-refractivity contribution in [2.24, 2.45) is 7.05 Å². The molecule has 0 atom stereocenters. The van der Waals surface area contributed by atoms with Gasteiger partial charge in [-0.05, 0) is 30.5 Å². The molecule has 0 radical (unpaired) electrons. The van der Waals surface area contributed by atoms with Gasteiger partial charge in [0.1, 0.15) is 0 Å². The van der Waals surface area contributed by atoms with Gasteiger partial charge in [0.05, 0.1) is 46.0 Å². The average Bonchev–Trinajstić information content (AvgIpc) is 3.93. The zero-order valence-electron chi connectivity index (χ0n) is 27.7. The number of aryl methyl sites for hydroxylation is 1. The van der Waals surface area contributed by atoms with E-state index >= 15 is 0 Å². The molecule has 0 bridgehead atoms. The Bertz CT molecular complexity index is 2400. The molecule has 4 aromatic heterocycles. The van der Waals surface area contributed by atoms with Crippen molar-refractivity contribution in [3.8, 4) is 22.4 Å². The highest BCUT2D eigenvalue weighted by Crippen LogP contribution is 2.54. The third-order valence-corrected chi connectivity index (χ3v) is 11.2. The number of hydrogen-bond acceptors (Lipinski definition) is 8. The van der Waals surface area contributed by atoms with Gasteiger partial charge in [-0.3, -0.25) is 14.6 Å². The van der Waals surface area contributed by atoms with Crippen LogP contribution in [0.3, 0.4) is 0 Å². The highest BCUT2D eigenvalue weighted by Gasteiger charge is 2.53. The van der Waals surface area contributed by atoms with Gasteiger partial charge in [-0.25, -0.2) is 22.2 Å². The molecule has 52 heavy (non-hydrogen) atoms. The molecule has 2 aliphatic rings. The summed E-state index contributed by atoms with van der Waals surface area (Å²) < 4.78 is 64.1. The lowest BCUT2D eigenvalue weighted by atomic mass is 9.72. The second kappa shape index (κ2) is 12.7. The lowest BCUT2D eigenvalue weighted by Crippen LogP contribution is -2.48. The van der Waals surface area contributed by atoms with Gasteiger partial charge >= 0.3 is 12.1 Å². The van der Waals surface area contributed by atoms with Crippen LogP contribution in [0.5, 0.6) is 0 Å². The standard InChI is InChI=1S/C33H30N8O3S.C2HF3O2/c1-38-21-23(17-37-38)30-27(22-9-5-3-6-10-22)28-29-26(20-34-31(28)41(30)45(43,44)25-11-7-4-8-12-25)39(2)32(42)33(29)13-15-40(16-14-33)24-18-35-36-19-24;3-2(4,5)1(6)7/h3-12,17-21H,13-16H2,1-2H3,(H,35,36);(H,6,7). The Labute approximate surface area is 295 Å². The van der Waals surface area contributed by atoms with Crippen LogP contribution < -0.4 is 9.80 Å². The molecule has 0 unspecified atom stereocenters. The molecule has 0 saturated carbocycles. The first-order chi connectivity index (χ1) is 24.8. The summed E-state index contributed by atoms with van der Waals surface area (Å²) >= 11 is 0. The van der Waals surface area contributed by atoms with Gasteiger partial charge < -0.3 is 14.9 Å².